The number of rotatable bonds is 2. The molecule has 18 heavy (non-hydrogen) atoms. The first kappa shape index (κ1) is 14.7. The lowest BCUT2D eigenvalue weighted by Crippen LogP contribution is -2.42. The normalized spacial score (nSPS) is 11.8. The van der Waals surface area contributed by atoms with Gasteiger partial charge in [-0.1, -0.05) is 11.6 Å². The molecule has 1 heterocycles. The van der Waals surface area contributed by atoms with Crippen LogP contribution in [0.5, 0.6) is 0 Å². The highest BCUT2D eigenvalue weighted by molar-refractivity contribution is 9.10. The number of nitrogens with zero attached hydrogens (tertiary/aromatic N) is 2. The Hall–Kier alpha value is -1.41. The summed E-state index contributed by atoms with van der Waals surface area (Å²) in [5, 5.41) is 4.31. The second-order valence-electron chi connectivity index (χ2n) is 3.31. The molecule has 0 aliphatic carbocycles. The van der Waals surface area contributed by atoms with E-state index in [9.17, 15) is 14.4 Å². The minimum atomic E-state index is -0.893. The van der Waals surface area contributed by atoms with Gasteiger partial charge in [-0.3, -0.25) is 19.5 Å². The first-order chi connectivity index (χ1) is 8.38. The molecule has 2 N–H and O–H groups in total. The van der Waals surface area contributed by atoms with E-state index in [1.54, 1.807) is 0 Å². The van der Waals surface area contributed by atoms with Crippen LogP contribution in [0.2, 0.25) is 5.15 Å². The number of hydrogen-bond acceptors (Lipinski definition) is 4. The number of halogens is 2. The highest BCUT2D eigenvalue weighted by Crippen LogP contribution is 2.15. The van der Waals surface area contributed by atoms with Crippen molar-refractivity contribution in [2.75, 3.05) is 7.05 Å². The molecular formula is C9H10BrClN4O3. The fourth-order valence-corrected chi connectivity index (χ4v) is 1.54. The molecule has 7 nitrogen and oxygen atoms in total. The van der Waals surface area contributed by atoms with Crippen molar-refractivity contribution < 1.29 is 9.59 Å². The minimum absolute atomic E-state index is 0.00941. The summed E-state index contributed by atoms with van der Waals surface area (Å²) >= 11 is 8.61. The summed E-state index contributed by atoms with van der Waals surface area (Å²) < 4.78 is 1.13. The molecule has 0 saturated heterocycles. The van der Waals surface area contributed by atoms with E-state index in [2.05, 4.69) is 31.5 Å². The number of carbonyl (C=O) groups is 2. The van der Waals surface area contributed by atoms with Gasteiger partial charge in [0.25, 0.3) is 11.5 Å². The van der Waals surface area contributed by atoms with Gasteiger partial charge in [0.1, 0.15) is 10.5 Å². The lowest BCUT2D eigenvalue weighted by atomic mass is 10.3. The van der Waals surface area contributed by atoms with Crippen molar-refractivity contribution in [3.8, 4) is 0 Å². The maximum absolute atomic E-state index is 11.8. The summed E-state index contributed by atoms with van der Waals surface area (Å²) in [5.41, 5.74) is -0.505. The molecule has 1 atom stereocenters. The van der Waals surface area contributed by atoms with Crippen LogP contribution in [-0.4, -0.2) is 28.5 Å². The van der Waals surface area contributed by atoms with E-state index in [1.165, 1.54) is 14.0 Å². The van der Waals surface area contributed by atoms with Gasteiger partial charge in [0.2, 0.25) is 0 Å². The van der Waals surface area contributed by atoms with Gasteiger partial charge in [0.15, 0.2) is 5.15 Å². The molecule has 98 valence electrons. The molecule has 0 aliphatic rings. The van der Waals surface area contributed by atoms with Gasteiger partial charge in [-0.05, 0) is 22.9 Å². The van der Waals surface area contributed by atoms with E-state index < -0.39 is 23.5 Å². The number of nitrogens with one attached hydrogen (secondary N) is 2. The Morgan fingerprint density at radius 1 is 1.56 bits per heavy atom. The van der Waals surface area contributed by atoms with E-state index in [0.717, 1.165) is 10.9 Å². The Balaban J connectivity index is 3.01. The van der Waals surface area contributed by atoms with Gasteiger partial charge in [-0.25, -0.2) is 9.78 Å². The van der Waals surface area contributed by atoms with Crippen LogP contribution in [-0.2, 0) is 4.79 Å². The monoisotopic (exact) mass is 336 g/mol. The number of aromatic nitrogens is 2. The molecule has 3 amide bonds. The Morgan fingerprint density at radius 3 is 2.72 bits per heavy atom. The van der Waals surface area contributed by atoms with Crippen LogP contribution in [0.15, 0.2) is 15.6 Å². The fraction of sp³-hybridized carbons (Fsp3) is 0.333. The highest BCUT2D eigenvalue weighted by atomic mass is 79.9. The smallest absolute Gasteiger partial charge is 0.321 e. The number of carbonyl (C=O) groups excluding carboxylic acids is 2. The SMILES string of the molecule is CNC(=O)NC(=O)C(C)n1cnc(Cl)c(Br)c1=O. The second kappa shape index (κ2) is 5.96. The average Bonchev–Trinajstić information content (AvgIpc) is 2.35. The maximum Gasteiger partial charge on any atom is 0.321 e. The van der Waals surface area contributed by atoms with Gasteiger partial charge >= 0.3 is 6.03 Å². The number of amides is 3. The quantitative estimate of drug-likeness (QED) is 0.776. The second-order valence-corrected chi connectivity index (χ2v) is 4.46. The molecule has 1 aromatic rings. The molecule has 1 aromatic heterocycles. The van der Waals surface area contributed by atoms with Gasteiger partial charge in [0, 0.05) is 7.05 Å². The lowest BCUT2D eigenvalue weighted by Gasteiger charge is -2.14. The third kappa shape index (κ3) is 3.08. The van der Waals surface area contributed by atoms with Crippen molar-refractivity contribution in [3.05, 3.63) is 26.3 Å². The zero-order valence-corrected chi connectivity index (χ0v) is 11.9. The van der Waals surface area contributed by atoms with E-state index in [-0.39, 0.29) is 9.63 Å². The van der Waals surface area contributed by atoms with Crippen LogP contribution in [0.4, 0.5) is 4.79 Å². The Labute approximate surface area is 116 Å². The highest BCUT2D eigenvalue weighted by Gasteiger charge is 2.20. The van der Waals surface area contributed by atoms with Crippen molar-refractivity contribution in [3.63, 3.8) is 0 Å². The van der Waals surface area contributed by atoms with Crippen LogP contribution in [0.25, 0.3) is 0 Å². The van der Waals surface area contributed by atoms with Crippen molar-refractivity contribution in [2.45, 2.75) is 13.0 Å². The molecule has 1 rings (SSSR count). The Morgan fingerprint density at radius 2 is 2.17 bits per heavy atom. The molecule has 0 radical (unpaired) electrons. The van der Waals surface area contributed by atoms with Gasteiger partial charge in [-0.15, -0.1) is 0 Å². The molecular weight excluding hydrogens is 327 g/mol. The summed E-state index contributed by atoms with van der Waals surface area (Å²) in [4.78, 5) is 38.2. The van der Waals surface area contributed by atoms with E-state index >= 15 is 0 Å². The predicted octanol–water partition coefficient (Wildman–Crippen LogP) is 0.676. The third-order valence-corrected chi connectivity index (χ3v) is 3.39. The van der Waals surface area contributed by atoms with Crippen molar-refractivity contribution in [1.82, 2.24) is 20.2 Å². The van der Waals surface area contributed by atoms with Crippen LogP contribution in [0.1, 0.15) is 13.0 Å². The largest absolute Gasteiger partial charge is 0.341 e. The topological polar surface area (TPSA) is 93.1 Å². The summed E-state index contributed by atoms with van der Waals surface area (Å²) in [7, 11) is 1.37. The van der Waals surface area contributed by atoms with Crippen LogP contribution in [0.3, 0.4) is 0 Å². The Bertz CT molecular complexity index is 545. The molecule has 0 aliphatic heterocycles. The molecule has 9 heteroatoms. The van der Waals surface area contributed by atoms with E-state index in [4.69, 9.17) is 11.6 Å². The van der Waals surface area contributed by atoms with Crippen LogP contribution >= 0.6 is 27.5 Å². The van der Waals surface area contributed by atoms with E-state index in [1.807, 2.05) is 0 Å². The molecule has 0 fully saturated rings. The first-order valence-corrected chi connectivity index (χ1v) is 6.00. The third-order valence-electron chi connectivity index (χ3n) is 2.16. The fourth-order valence-electron chi connectivity index (χ4n) is 1.10. The summed E-state index contributed by atoms with van der Waals surface area (Å²) in [6.07, 6.45) is 1.14. The first-order valence-electron chi connectivity index (χ1n) is 4.83. The van der Waals surface area contributed by atoms with Gasteiger partial charge in [-0.2, -0.15) is 0 Å². The summed E-state index contributed by atoms with van der Waals surface area (Å²) in [5.74, 6) is -0.632. The average molecular weight is 338 g/mol. The number of hydrogen-bond donors (Lipinski definition) is 2. The molecule has 0 saturated carbocycles. The number of imide groups is 1. The van der Waals surface area contributed by atoms with Crippen molar-refractivity contribution in [2.24, 2.45) is 0 Å². The molecule has 0 spiro atoms. The predicted molar refractivity (Wildman–Crippen MR) is 68.5 cm³/mol. The standard InChI is InChI=1S/C9H10BrClN4O3/c1-4(7(16)14-9(18)12-2)15-3-13-6(11)5(10)8(15)17/h3-4H,1-2H3,(H2,12,14,16,18). The summed E-state index contributed by atoms with van der Waals surface area (Å²) in [6.45, 7) is 1.46. The van der Waals surface area contributed by atoms with Crippen LogP contribution < -0.4 is 16.2 Å². The minimum Gasteiger partial charge on any atom is -0.341 e. The van der Waals surface area contributed by atoms with Crippen LogP contribution in [0, 0.1) is 0 Å². The molecule has 0 aromatic carbocycles. The van der Waals surface area contributed by atoms with Crippen molar-refractivity contribution >= 4 is 39.5 Å². The lowest BCUT2D eigenvalue weighted by molar-refractivity contribution is -0.122. The maximum atomic E-state index is 11.8. The molecule has 0 bridgehead atoms. The molecule has 1 unspecified atom stereocenters. The Kier molecular flexibility index (Phi) is 4.85. The van der Waals surface area contributed by atoms with Gasteiger partial charge < -0.3 is 5.32 Å². The van der Waals surface area contributed by atoms with E-state index in [0.29, 0.717) is 0 Å². The van der Waals surface area contributed by atoms with Crippen molar-refractivity contribution in [1.29, 1.82) is 0 Å². The van der Waals surface area contributed by atoms with Gasteiger partial charge in [0.05, 0.1) is 6.33 Å². The number of urea groups is 1. The zero-order valence-electron chi connectivity index (χ0n) is 9.53. The summed E-state index contributed by atoms with van der Waals surface area (Å²) in [6, 6.07) is -1.54. The zero-order chi connectivity index (χ0) is 13.9.